The zero-order valence-electron chi connectivity index (χ0n) is 9.81. The topological polar surface area (TPSA) is 21.3 Å². The molecule has 16 heavy (non-hydrogen) atoms. The summed E-state index contributed by atoms with van der Waals surface area (Å²) in [6.07, 6.45) is 0. The molecule has 0 aromatic heterocycles. The number of hydrogen-bond acceptors (Lipinski definition) is 2. The number of ether oxygens (including phenoxy) is 1. The summed E-state index contributed by atoms with van der Waals surface area (Å²) in [5.41, 5.74) is 0.420. The van der Waals surface area contributed by atoms with Crippen molar-refractivity contribution >= 4 is 15.9 Å². The van der Waals surface area contributed by atoms with Crippen LogP contribution in [0.15, 0.2) is 22.7 Å². The van der Waals surface area contributed by atoms with Crippen LogP contribution in [0.5, 0.6) is 0 Å². The smallest absolute Gasteiger partial charge is 0.127 e. The fourth-order valence-corrected chi connectivity index (χ4v) is 1.66. The van der Waals surface area contributed by atoms with E-state index in [0.717, 1.165) is 4.47 Å². The van der Waals surface area contributed by atoms with Crippen LogP contribution in [-0.2, 0) is 11.3 Å². The maximum atomic E-state index is 13.4. The minimum Gasteiger partial charge on any atom is -0.377 e. The van der Waals surface area contributed by atoms with Gasteiger partial charge in [0, 0.05) is 30.2 Å². The molecule has 1 rings (SSSR count). The summed E-state index contributed by atoms with van der Waals surface area (Å²) in [4.78, 5) is 0. The summed E-state index contributed by atoms with van der Waals surface area (Å²) in [5, 5.41) is 3.18. The standard InChI is InChI=1S/C12H17BrFNO/c1-12(2,16-3)8-15-7-9-6-10(13)4-5-11(9)14/h4-6,15H,7-8H2,1-3H3. The van der Waals surface area contributed by atoms with Crippen LogP contribution in [0.25, 0.3) is 0 Å². The van der Waals surface area contributed by atoms with Crippen molar-refractivity contribution in [1.82, 2.24) is 5.32 Å². The molecule has 0 aliphatic rings. The molecule has 0 saturated heterocycles. The van der Waals surface area contributed by atoms with Crippen molar-refractivity contribution in [2.45, 2.75) is 26.0 Å². The van der Waals surface area contributed by atoms with Gasteiger partial charge in [-0.3, -0.25) is 0 Å². The fraction of sp³-hybridized carbons (Fsp3) is 0.500. The van der Waals surface area contributed by atoms with Crippen LogP contribution in [0.2, 0.25) is 0 Å². The molecule has 1 N–H and O–H groups in total. The number of methoxy groups -OCH3 is 1. The van der Waals surface area contributed by atoms with Crippen LogP contribution >= 0.6 is 15.9 Å². The highest BCUT2D eigenvalue weighted by Gasteiger charge is 2.15. The highest BCUT2D eigenvalue weighted by molar-refractivity contribution is 9.10. The zero-order chi connectivity index (χ0) is 12.2. The summed E-state index contributed by atoms with van der Waals surface area (Å²) in [6.45, 7) is 5.14. The molecule has 0 atom stereocenters. The van der Waals surface area contributed by atoms with Crippen molar-refractivity contribution in [2.24, 2.45) is 0 Å². The third-order valence-electron chi connectivity index (χ3n) is 2.43. The Morgan fingerprint density at radius 2 is 2.12 bits per heavy atom. The summed E-state index contributed by atoms with van der Waals surface area (Å²) >= 11 is 3.32. The van der Waals surface area contributed by atoms with E-state index in [-0.39, 0.29) is 11.4 Å². The normalized spacial score (nSPS) is 11.8. The SMILES string of the molecule is COC(C)(C)CNCc1cc(Br)ccc1F. The largest absolute Gasteiger partial charge is 0.377 e. The Hall–Kier alpha value is -0.450. The first kappa shape index (κ1) is 13.6. The third-order valence-corrected chi connectivity index (χ3v) is 2.92. The molecule has 0 unspecified atom stereocenters. The van der Waals surface area contributed by atoms with Crippen LogP contribution in [0.3, 0.4) is 0 Å². The molecule has 0 bridgehead atoms. The Morgan fingerprint density at radius 3 is 2.75 bits per heavy atom. The number of benzene rings is 1. The molecule has 0 heterocycles. The van der Waals surface area contributed by atoms with Crippen LogP contribution < -0.4 is 5.32 Å². The maximum Gasteiger partial charge on any atom is 0.127 e. The van der Waals surface area contributed by atoms with Gasteiger partial charge in [-0.1, -0.05) is 15.9 Å². The van der Waals surface area contributed by atoms with Gasteiger partial charge in [0.15, 0.2) is 0 Å². The van der Waals surface area contributed by atoms with Gasteiger partial charge in [0.1, 0.15) is 5.82 Å². The first-order valence-electron chi connectivity index (χ1n) is 5.14. The Balaban J connectivity index is 2.52. The van der Waals surface area contributed by atoms with Gasteiger partial charge in [0.05, 0.1) is 5.60 Å². The molecule has 0 fully saturated rings. The highest BCUT2D eigenvalue weighted by Crippen LogP contribution is 2.15. The molecular weight excluding hydrogens is 273 g/mol. The van der Waals surface area contributed by atoms with Crippen molar-refractivity contribution < 1.29 is 9.13 Å². The van der Waals surface area contributed by atoms with E-state index in [1.807, 2.05) is 13.8 Å². The lowest BCUT2D eigenvalue weighted by molar-refractivity contribution is 0.0230. The molecule has 1 aromatic carbocycles. The molecule has 4 heteroatoms. The Bertz CT molecular complexity index is 355. The monoisotopic (exact) mass is 289 g/mol. The first-order chi connectivity index (χ1) is 7.44. The predicted molar refractivity (Wildman–Crippen MR) is 66.9 cm³/mol. The lowest BCUT2D eigenvalue weighted by Gasteiger charge is -2.23. The van der Waals surface area contributed by atoms with Crippen LogP contribution in [0.4, 0.5) is 4.39 Å². The average Bonchev–Trinajstić information content (AvgIpc) is 2.23. The predicted octanol–water partition coefficient (Wildman–Crippen LogP) is 3.10. The molecule has 0 aliphatic heterocycles. The zero-order valence-corrected chi connectivity index (χ0v) is 11.4. The van der Waals surface area contributed by atoms with E-state index in [4.69, 9.17) is 4.74 Å². The quantitative estimate of drug-likeness (QED) is 0.899. The van der Waals surface area contributed by atoms with Gasteiger partial charge < -0.3 is 10.1 Å². The van der Waals surface area contributed by atoms with Gasteiger partial charge in [0.25, 0.3) is 0 Å². The molecule has 0 aliphatic carbocycles. The summed E-state index contributed by atoms with van der Waals surface area (Å²) < 4.78 is 19.5. The second-order valence-electron chi connectivity index (χ2n) is 4.30. The molecule has 1 aromatic rings. The van der Waals surface area contributed by atoms with E-state index in [2.05, 4.69) is 21.2 Å². The summed E-state index contributed by atoms with van der Waals surface area (Å²) in [7, 11) is 1.67. The number of halogens is 2. The van der Waals surface area contributed by atoms with E-state index < -0.39 is 0 Å². The summed E-state index contributed by atoms with van der Waals surface area (Å²) in [5.74, 6) is -0.189. The highest BCUT2D eigenvalue weighted by atomic mass is 79.9. The minimum absolute atomic E-state index is 0.189. The van der Waals surface area contributed by atoms with E-state index in [1.165, 1.54) is 6.07 Å². The average molecular weight is 290 g/mol. The van der Waals surface area contributed by atoms with Gasteiger partial charge in [-0.25, -0.2) is 4.39 Å². The second kappa shape index (κ2) is 5.75. The van der Waals surface area contributed by atoms with Gasteiger partial charge in [0.2, 0.25) is 0 Å². The molecule has 90 valence electrons. The lowest BCUT2D eigenvalue weighted by atomic mass is 10.1. The van der Waals surface area contributed by atoms with E-state index in [1.54, 1.807) is 19.2 Å². The Morgan fingerprint density at radius 1 is 1.44 bits per heavy atom. The van der Waals surface area contributed by atoms with Crippen molar-refractivity contribution in [3.05, 3.63) is 34.1 Å². The van der Waals surface area contributed by atoms with Crippen molar-refractivity contribution in [3.63, 3.8) is 0 Å². The van der Waals surface area contributed by atoms with Crippen molar-refractivity contribution in [3.8, 4) is 0 Å². The summed E-state index contributed by atoms with van der Waals surface area (Å²) in [6, 6.07) is 4.93. The molecule has 0 radical (unpaired) electrons. The van der Waals surface area contributed by atoms with Gasteiger partial charge in [-0.05, 0) is 32.0 Å². The number of rotatable bonds is 5. The van der Waals surface area contributed by atoms with Crippen LogP contribution in [0.1, 0.15) is 19.4 Å². The van der Waals surface area contributed by atoms with Gasteiger partial charge >= 0.3 is 0 Å². The van der Waals surface area contributed by atoms with Crippen molar-refractivity contribution in [1.29, 1.82) is 0 Å². The van der Waals surface area contributed by atoms with Crippen molar-refractivity contribution in [2.75, 3.05) is 13.7 Å². The fourth-order valence-electron chi connectivity index (χ4n) is 1.25. The molecule has 0 amide bonds. The lowest BCUT2D eigenvalue weighted by Crippen LogP contribution is -2.36. The Labute approximate surface area is 104 Å². The Kier molecular flexibility index (Phi) is 4.89. The molecular formula is C12H17BrFNO. The van der Waals surface area contributed by atoms with E-state index in [9.17, 15) is 4.39 Å². The molecule has 0 saturated carbocycles. The second-order valence-corrected chi connectivity index (χ2v) is 5.22. The van der Waals surface area contributed by atoms with E-state index in [0.29, 0.717) is 18.7 Å². The molecule has 2 nitrogen and oxygen atoms in total. The first-order valence-corrected chi connectivity index (χ1v) is 5.94. The van der Waals surface area contributed by atoms with Crippen LogP contribution in [-0.4, -0.2) is 19.3 Å². The minimum atomic E-state index is -0.234. The van der Waals surface area contributed by atoms with Crippen LogP contribution in [0, 0.1) is 5.82 Å². The van der Waals surface area contributed by atoms with Gasteiger partial charge in [-0.15, -0.1) is 0 Å². The van der Waals surface area contributed by atoms with E-state index >= 15 is 0 Å². The number of hydrogen-bond donors (Lipinski definition) is 1. The van der Waals surface area contributed by atoms with Gasteiger partial charge in [-0.2, -0.15) is 0 Å². The maximum absolute atomic E-state index is 13.4. The number of nitrogens with one attached hydrogen (secondary N) is 1. The molecule has 0 spiro atoms. The third kappa shape index (κ3) is 4.20.